The Labute approximate surface area is 107 Å². The van der Waals surface area contributed by atoms with E-state index in [1.807, 2.05) is 0 Å². The highest BCUT2D eigenvalue weighted by Gasteiger charge is 2.27. The molecular weight excluding hydrogens is 266 g/mol. The number of nitrogens with zero attached hydrogens (tertiary/aromatic N) is 1. The first-order valence-electron chi connectivity index (χ1n) is 5.46. The van der Waals surface area contributed by atoms with Crippen LogP contribution in [0.25, 0.3) is 0 Å². The van der Waals surface area contributed by atoms with Crippen molar-refractivity contribution in [3.8, 4) is 0 Å². The number of halogens is 4. The highest BCUT2D eigenvalue weighted by Crippen LogP contribution is 2.20. The summed E-state index contributed by atoms with van der Waals surface area (Å²) in [6, 6.07) is 3.48. The van der Waals surface area contributed by atoms with Gasteiger partial charge >= 0.3 is 12.1 Å². The molecule has 0 radical (unpaired) electrons. The molecule has 19 heavy (non-hydrogen) atoms. The number of hydrogen-bond donors (Lipinski definition) is 1. The van der Waals surface area contributed by atoms with Gasteiger partial charge < -0.3 is 10.0 Å². The van der Waals surface area contributed by atoms with Crippen LogP contribution in [0, 0.1) is 5.82 Å². The summed E-state index contributed by atoms with van der Waals surface area (Å²) >= 11 is 0. The van der Waals surface area contributed by atoms with E-state index in [0.717, 1.165) is 12.1 Å². The van der Waals surface area contributed by atoms with Crippen molar-refractivity contribution in [1.82, 2.24) is 4.90 Å². The van der Waals surface area contributed by atoms with Gasteiger partial charge in [0, 0.05) is 13.1 Å². The largest absolute Gasteiger partial charge is 0.478 e. The van der Waals surface area contributed by atoms with E-state index in [-0.39, 0.29) is 13.1 Å². The molecule has 0 spiro atoms. The number of rotatable bonds is 5. The van der Waals surface area contributed by atoms with Crippen molar-refractivity contribution in [2.24, 2.45) is 0 Å². The van der Waals surface area contributed by atoms with Gasteiger partial charge in [0.05, 0.1) is 12.0 Å². The lowest BCUT2D eigenvalue weighted by atomic mass is 10.1. The Bertz CT molecular complexity index is 460. The third-order valence-corrected chi connectivity index (χ3v) is 2.49. The number of alkyl halides is 3. The summed E-state index contributed by atoms with van der Waals surface area (Å²) in [5, 5.41) is 8.73. The zero-order valence-corrected chi connectivity index (χ0v) is 10.2. The van der Waals surface area contributed by atoms with Crippen LogP contribution in [0.1, 0.15) is 22.3 Å². The molecule has 0 bridgehead atoms. The van der Waals surface area contributed by atoms with E-state index >= 15 is 0 Å². The summed E-state index contributed by atoms with van der Waals surface area (Å²) in [7, 11) is 1.48. The lowest BCUT2D eigenvalue weighted by Crippen LogP contribution is -2.24. The standard InChI is InChI=1S/C12H13F4NO2/c1-17(5-4-12(14,15)16)7-8-2-3-10(13)9(6-8)11(18)19/h2-3,6H,4-5,7H2,1H3,(H,18,19). The van der Waals surface area contributed by atoms with Crippen LogP contribution >= 0.6 is 0 Å². The molecule has 0 saturated carbocycles. The monoisotopic (exact) mass is 279 g/mol. The molecule has 3 nitrogen and oxygen atoms in total. The molecule has 0 aliphatic carbocycles. The van der Waals surface area contributed by atoms with Crippen LogP contribution in [-0.4, -0.2) is 35.7 Å². The predicted octanol–water partition coefficient (Wildman–Crippen LogP) is 2.91. The Kier molecular flexibility index (Phi) is 4.88. The Hall–Kier alpha value is -1.63. The Morgan fingerprint density at radius 1 is 1.37 bits per heavy atom. The molecule has 0 heterocycles. The average Bonchev–Trinajstić information content (AvgIpc) is 2.28. The summed E-state index contributed by atoms with van der Waals surface area (Å²) < 4.78 is 49.2. The molecule has 0 aromatic heterocycles. The highest BCUT2D eigenvalue weighted by atomic mass is 19.4. The van der Waals surface area contributed by atoms with Crippen molar-refractivity contribution in [2.45, 2.75) is 19.1 Å². The van der Waals surface area contributed by atoms with Gasteiger partial charge in [0.25, 0.3) is 0 Å². The van der Waals surface area contributed by atoms with Crippen LogP contribution in [-0.2, 0) is 6.54 Å². The zero-order valence-electron chi connectivity index (χ0n) is 10.2. The summed E-state index contributed by atoms with van der Waals surface area (Å²) in [5.74, 6) is -2.27. The summed E-state index contributed by atoms with van der Waals surface area (Å²) in [5.41, 5.74) is -0.0369. The maximum absolute atomic E-state index is 13.1. The molecule has 1 rings (SSSR count). The van der Waals surface area contributed by atoms with Crippen LogP contribution < -0.4 is 0 Å². The van der Waals surface area contributed by atoms with Gasteiger partial charge in [0.2, 0.25) is 0 Å². The second-order valence-corrected chi connectivity index (χ2v) is 4.22. The molecule has 0 unspecified atom stereocenters. The van der Waals surface area contributed by atoms with Gasteiger partial charge in [-0.25, -0.2) is 9.18 Å². The maximum Gasteiger partial charge on any atom is 0.390 e. The van der Waals surface area contributed by atoms with Crippen LogP contribution in [0.4, 0.5) is 17.6 Å². The van der Waals surface area contributed by atoms with Gasteiger partial charge in [-0.05, 0) is 24.7 Å². The normalized spacial score (nSPS) is 11.9. The lowest BCUT2D eigenvalue weighted by Gasteiger charge is -2.18. The average molecular weight is 279 g/mol. The second kappa shape index (κ2) is 6.01. The van der Waals surface area contributed by atoms with E-state index in [2.05, 4.69) is 0 Å². The first-order valence-corrected chi connectivity index (χ1v) is 5.46. The van der Waals surface area contributed by atoms with Crippen molar-refractivity contribution < 1.29 is 27.5 Å². The predicted molar refractivity (Wildman–Crippen MR) is 60.4 cm³/mol. The molecule has 0 saturated heterocycles. The quantitative estimate of drug-likeness (QED) is 0.842. The number of aromatic carboxylic acids is 1. The minimum atomic E-state index is -4.23. The Balaban J connectivity index is 2.67. The van der Waals surface area contributed by atoms with Gasteiger partial charge in [-0.3, -0.25) is 0 Å². The molecular formula is C12H13F4NO2. The fraction of sp³-hybridized carbons (Fsp3) is 0.417. The minimum absolute atomic E-state index is 0.122. The van der Waals surface area contributed by atoms with E-state index in [0.29, 0.717) is 5.56 Å². The molecule has 0 amide bonds. The van der Waals surface area contributed by atoms with Crippen molar-refractivity contribution in [1.29, 1.82) is 0 Å². The Morgan fingerprint density at radius 3 is 2.53 bits per heavy atom. The van der Waals surface area contributed by atoms with Gasteiger partial charge in [-0.15, -0.1) is 0 Å². The van der Waals surface area contributed by atoms with Gasteiger partial charge in [-0.1, -0.05) is 6.07 Å². The molecule has 0 fully saturated rings. The summed E-state index contributed by atoms with van der Waals surface area (Å²) in [4.78, 5) is 12.1. The molecule has 0 atom stereocenters. The SMILES string of the molecule is CN(CCC(F)(F)F)Cc1ccc(F)c(C(=O)O)c1. The molecule has 0 aliphatic rings. The van der Waals surface area contributed by atoms with Crippen LogP contribution in [0.15, 0.2) is 18.2 Å². The third-order valence-electron chi connectivity index (χ3n) is 2.49. The van der Waals surface area contributed by atoms with E-state index < -0.39 is 29.9 Å². The van der Waals surface area contributed by atoms with E-state index in [1.165, 1.54) is 18.0 Å². The lowest BCUT2D eigenvalue weighted by molar-refractivity contribution is -0.137. The van der Waals surface area contributed by atoms with Crippen molar-refractivity contribution >= 4 is 5.97 Å². The first-order chi connectivity index (χ1) is 8.69. The smallest absolute Gasteiger partial charge is 0.390 e. The topological polar surface area (TPSA) is 40.5 Å². The maximum atomic E-state index is 13.1. The number of hydrogen-bond acceptors (Lipinski definition) is 2. The Morgan fingerprint density at radius 2 is 2.00 bits per heavy atom. The van der Waals surface area contributed by atoms with E-state index in [9.17, 15) is 22.4 Å². The molecule has 106 valence electrons. The molecule has 0 aliphatic heterocycles. The van der Waals surface area contributed by atoms with Gasteiger partial charge in [-0.2, -0.15) is 13.2 Å². The molecule has 1 aromatic carbocycles. The van der Waals surface area contributed by atoms with Gasteiger partial charge in [0.15, 0.2) is 0 Å². The van der Waals surface area contributed by atoms with Crippen LogP contribution in [0.5, 0.6) is 0 Å². The highest BCUT2D eigenvalue weighted by molar-refractivity contribution is 5.88. The third kappa shape index (κ3) is 5.25. The number of carbonyl (C=O) groups is 1. The summed E-state index contributed by atoms with van der Waals surface area (Å²) in [6.07, 6.45) is -5.18. The van der Waals surface area contributed by atoms with E-state index in [4.69, 9.17) is 5.11 Å². The van der Waals surface area contributed by atoms with Gasteiger partial charge in [0.1, 0.15) is 5.82 Å². The second-order valence-electron chi connectivity index (χ2n) is 4.22. The fourth-order valence-electron chi connectivity index (χ4n) is 1.54. The number of carboxylic acid groups (broad SMARTS) is 1. The first kappa shape index (κ1) is 15.4. The fourth-order valence-corrected chi connectivity index (χ4v) is 1.54. The van der Waals surface area contributed by atoms with Crippen LogP contribution in [0.2, 0.25) is 0 Å². The molecule has 7 heteroatoms. The summed E-state index contributed by atoms with van der Waals surface area (Å²) in [6.45, 7) is -0.0834. The van der Waals surface area contributed by atoms with Crippen LogP contribution in [0.3, 0.4) is 0 Å². The van der Waals surface area contributed by atoms with E-state index in [1.54, 1.807) is 0 Å². The zero-order chi connectivity index (χ0) is 14.6. The van der Waals surface area contributed by atoms with Crippen molar-refractivity contribution in [3.05, 3.63) is 35.1 Å². The number of benzene rings is 1. The minimum Gasteiger partial charge on any atom is -0.478 e. The molecule has 1 aromatic rings. The van der Waals surface area contributed by atoms with Crippen molar-refractivity contribution in [3.63, 3.8) is 0 Å². The molecule has 1 N–H and O–H groups in total. The number of carboxylic acids is 1. The van der Waals surface area contributed by atoms with Crippen molar-refractivity contribution in [2.75, 3.05) is 13.6 Å².